The molecule has 0 radical (unpaired) electrons. The summed E-state index contributed by atoms with van der Waals surface area (Å²) in [5.74, 6) is -3.55. The van der Waals surface area contributed by atoms with Crippen molar-refractivity contribution in [3.8, 4) is 0 Å². The predicted molar refractivity (Wildman–Crippen MR) is 78.0 cm³/mol. The fraction of sp³-hybridized carbons (Fsp3) is 0.562. The molecule has 0 spiro atoms. The number of hydrogen-bond acceptors (Lipinski definition) is 1. The van der Waals surface area contributed by atoms with Gasteiger partial charge >= 0.3 is 0 Å². The van der Waals surface area contributed by atoms with Crippen LogP contribution in [0.2, 0.25) is 0 Å². The van der Waals surface area contributed by atoms with E-state index in [0.717, 1.165) is 36.5 Å². The zero-order valence-electron chi connectivity index (χ0n) is 13.1. The Balaban J connectivity index is 2.07. The third-order valence-corrected chi connectivity index (χ3v) is 4.32. The molecule has 1 aliphatic rings. The van der Waals surface area contributed by atoms with Crippen molar-refractivity contribution >= 4 is 11.6 Å². The zero-order valence-corrected chi connectivity index (χ0v) is 13.1. The number of halogens is 3. The molecule has 1 fully saturated rings. The molecule has 1 heterocycles. The van der Waals surface area contributed by atoms with E-state index in [2.05, 4.69) is 19.2 Å². The number of quaternary nitrogens is 1. The maximum Gasteiger partial charge on any atom is 0.282 e. The Morgan fingerprint density at radius 2 is 1.77 bits per heavy atom. The van der Waals surface area contributed by atoms with Crippen LogP contribution in [0, 0.1) is 29.3 Å². The highest BCUT2D eigenvalue weighted by Crippen LogP contribution is 2.19. The van der Waals surface area contributed by atoms with E-state index < -0.39 is 17.5 Å². The molecule has 4 atom stereocenters. The standard InChI is InChI=1S/C16H21F3N2O/c1-9-6-10(2)8-21(7-9)11(3)16(22)20-13-5-4-12(17)14(18)15(13)19/h4-5,9-11H,6-8H2,1-3H3,(H,20,22)/p+1/t9-,10+,11-/m0/s1. The van der Waals surface area contributed by atoms with Gasteiger partial charge in [-0.2, -0.15) is 0 Å². The normalized spacial score (nSPS) is 26.5. The van der Waals surface area contributed by atoms with Gasteiger partial charge < -0.3 is 10.2 Å². The molecule has 22 heavy (non-hydrogen) atoms. The van der Waals surface area contributed by atoms with E-state index >= 15 is 0 Å². The molecule has 1 aromatic rings. The van der Waals surface area contributed by atoms with E-state index in [1.807, 2.05) is 0 Å². The molecule has 1 aliphatic heterocycles. The van der Waals surface area contributed by atoms with E-state index in [1.165, 1.54) is 0 Å². The van der Waals surface area contributed by atoms with Crippen molar-refractivity contribution in [2.75, 3.05) is 18.4 Å². The highest BCUT2D eigenvalue weighted by atomic mass is 19.2. The van der Waals surface area contributed by atoms with Crippen LogP contribution in [0.1, 0.15) is 27.2 Å². The number of carbonyl (C=O) groups is 1. The van der Waals surface area contributed by atoms with Crippen molar-refractivity contribution in [2.24, 2.45) is 11.8 Å². The summed E-state index contributed by atoms with van der Waals surface area (Å²) in [4.78, 5) is 13.4. The summed E-state index contributed by atoms with van der Waals surface area (Å²) in [5.41, 5.74) is -0.326. The lowest BCUT2D eigenvalue weighted by atomic mass is 9.91. The molecule has 1 unspecified atom stereocenters. The lowest BCUT2D eigenvalue weighted by Crippen LogP contribution is -3.18. The fourth-order valence-corrected chi connectivity index (χ4v) is 3.23. The van der Waals surface area contributed by atoms with E-state index in [9.17, 15) is 18.0 Å². The van der Waals surface area contributed by atoms with Gasteiger partial charge in [0.1, 0.15) is 0 Å². The molecule has 0 aromatic heterocycles. The molecular weight excluding hydrogens is 293 g/mol. The molecule has 0 saturated carbocycles. The minimum atomic E-state index is -1.57. The maximum atomic E-state index is 13.6. The van der Waals surface area contributed by atoms with Crippen LogP contribution in [-0.4, -0.2) is 25.0 Å². The van der Waals surface area contributed by atoms with Gasteiger partial charge in [0, 0.05) is 11.8 Å². The summed E-state index contributed by atoms with van der Waals surface area (Å²) in [5, 5.41) is 2.36. The number of carbonyl (C=O) groups excluding carboxylic acids is 1. The number of nitrogens with one attached hydrogen (secondary N) is 2. The highest BCUT2D eigenvalue weighted by molar-refractivity contribution is 5.93. The Kier molecular flexibility index (Phi) is 5.11. The van der Waals surface area contributed by atoms with E-state index in [4.69, 9.17) is 0 Å². The largest absolute Gasteiger partial charge is 0.324 e. The Hall–Kier alpha value is -1.56. The number of benzene rings is 1. The highest BCUT2D eigenvalue weighted by Gasteiger charge is 2.32. The molecule has 0 aliphatic carbocycles. The van der Waals surface area contributed by atoms with E-state index in [1.54, 1.807) is 6.92 Å². The molecule has 3 nitrogen and oxygen atoms in total. The van der Waals surface area contributed by atoms with Crippen LogP contribution < -0.4 is 10.2 Å². The molecular formula is C16H22F3N2O+. The van der Waals surface area contributed by atoms with Crippen LogP contribution >= 0.6 is 0 Å². The van der Waals surface area contributed by atoms with E-state index in [0.29, 0.717) is 11.8 Å². The van der Waals surface area contributed by atoms with Crippen molar-refractivity contribution in [3.63, 3.8) is 0 Å². The van der Waals surface area contributed by atoms with Crippen LogP contribution in [0.15, 0.2) is 12.1 Å². The van der Waals surface area contributed by atoms with Gasteiger partial charge in [-0.1, -0.05) is 13.8 Å². The second kappa shape index (κ2) is 6.69. The summed E-state index contributed by atoms with van der Waals surface area (Å²) in [6, 6.07) is 1.46. The molecule has 2 N–H and O–H groups in total. The van der Waals surface area contributed by atoms with Crippen LogP contribution in [0.4, 0.5) is 18.9 Å². The monoisotopic (exact) mass is 315 g/mol. The molecule has 122 valence electrons. The van der Waals surface area contributed by atoms with E-state index in [-0.39, 0.29) is 17.6 Å². The summed E-state index contributed by atoms with van der Waals surface area (Å²) < 4.78 is 39.7. The first-order valence-corrected chi connectivity index (χ1v) is 7.58. The van der Waals surface area contributed by atoms with Gasteiger partial charge in [0.25, 0.3) is 5.91 Å². The van der Waals surface area contributed by atoms with Crippen molar-refractivity contribution in [1.82, 2.24) is 0 Å². The number of amides is 1. The van der Waals surface area contributed by atoms with Crippen LogP contribution in [0.25, 0.3) is 0 Å². The fourth-order valence-electron chi connectivity index (χ4n) is 3.23. The number of likely N-dealkylation sites (tertiary alicyclic amines) is 1. The second-order valence-electron chi connectivity index (χ2n) is 6.45. The third-order valence-electron chi connectivity index (χ3n) is 4.32. The van der Waals surface area contributed by atoms with Crippen LogP contribution in [-0.2, 0) is 4.79 Å². The molecule has 6 heteroatoms. The average Bonchev–Trinajstić information content (AvgIpc) is 2.46. The van der Waals surface area contributed by atoms with Crippen LogP contribution in [0.5, 0.6) is 0 Å². The van der Waals surface area contributed by atoms with Gasteiger partial charge in [0.05, 0.1) is 18.8 Å². The Morgan fingerprint density at radius 1 is 1.18 bits per heavy atom. The van der Waals surface area contributed by atoms with Crippen molar-refractivity contribution < 1.29 is 22.9 Å². The van der Waals surface area contributed by atoms with Crippen LogP contribution in [0.3, 0.4) is 0 Å². The van der Waals surface area contributed by atoms with Crippen molar-refractivity contribution in [3.05, 3.63) is 29.6 Å². The summed E-state index contributed by atoms with van der Waals surface area (Å²) in [6.07, 6.45) is 1.13. The number of piperidine rings is 1. The third kappa shape index (κ3) is 3.61. The number of rotatable bonds is 3. The van der Waals surface area contributed by atoms with Gasteiger partial charge in [-0.05, 0) is 25.5 Å². The first-order valence-electron chi connectivity index (χ1n) is 7.58. The average molecular weight is 315 g/mol. The minimum Gasteiger partial charge on any atom is -0.324 e. The van der Waals surface area contributed by atoms with Gasteiger partial charge in [0.15, 0.2) is 23.5 Å². The molecule has 1 aromatic carbocycles. The van der Waals surface area contributed by atoms with Crippen molar-refractivity contribution in [2.45, 2.75) is 33.2 Å². The lowest BCUT2D eigenvalue weighted by molar-refractivity contribution is -0.925. The summed E-state index contributed by atoms with van der Waals surface area (Å²) in [6.45, 7) is 7.82. The summed E-state index contributed by atoms with van der Waals surface area (Å²) in [7, 11) is 0. The minimum absolute atomic E-state index is 0.326. The topological polar surface area (TPSA) is 33.5 Å². The number of anilines is 1. The maximum absolute atomic E-state index is 13.6. The zero-order chi connectivity index (χ0) is 16.4. The summed E-state index contributed by atoms with van der Waals surface area (Å²) >= 11 is 0. The smallest absolute Gasteiger partial charge is 0.282 e. The van der Waals surface area contributed by atoms with Gasteiger partial charge in [-0.15, -0.1) is 0 Å². The van der Waals surface area contributed by atoms with Gasteiger partial charge in [-0.3, -0.25) is 4.79 Å². The SMILES string of the molecule is C[C@@H]1C[C@H](C)C[NH+]([C@@H](C)C(=O)Nc2ccc(F)c(F)c2F)C1. The second-order valence-corrected chi connectivity index (χ2v) is 6.45. The Morgan fingerprint density at radius 3 is 2.36 bits per heavy atom. The molecule has 1 saturated heterocycles. The first-order chi connectivity index (χ1) is 10.3. The molecule has 0 bridgehead atoms. The first kappa shape index (κ1) is 16.8. The quantitative estimate of drug-likeness (QED) is 0.822. The molecule has 1 amide bonds. The number of hydrogen-bond donors (Lipinski definition) is 2. The van der Waals surface area contributed by atoms with Gasteiger partial charge in [-0.25, -0.2) is 13.2 Å². The molecule has 2 rings (SSSR count). The predicted octanol–water partition coefficient (Wildman–Crippen LogP) is 1.99. The Bertz CT molecular complexity index is 555. The van der Waals surface area contributed by atoms with Crippen molar-refractivity contribution in [1.29, 1.82) is 0 Å². The lowest BCUT2D eigenvalue weighted by Gasteiger charge is -2.35. The Labute approximate surface area is 128 Å². The van der Waals surface area contributed by atoms with Gasteiger partial charge in [0.2, 0.25) is 0 Å².